The molecule has 1 rings (SSSR count). The number of hydrogen-bond acceptors (Lipinski definition) is 2. The van der Waals surface area contributed by atoms with Crippen molar-refractivity contribution in [3.63, 3.8) is 0 Å². The van der Waals surface area contributed by atoms with Crippen LogP contribution in [0.5, 0.6) is 0 Å². The van der Waals surface area contributed by atoms with Gasteiger partial charge in [-0.1, -0.05) is 29.3 Å². The molecule has 0 aliphatic heterocycles. The molecular weight excluding hydrogens is 251 g/mol. The Balaban J connectivity index is 3.25. The molecule has 6 heteroatoms. The van der Waals surface area contributed by atoms with Gasteiger partial charge in [0.15, 0.2) is 6.04 Å². The first-order valence-corrected chi connectivity index (χ1v) is 5.04. The minimum Gasteiger partial charge on any atom is -0.465 e. The first kappa shape index (κ1) is 12.6. The van der Waals surface area contributed by atoms with Crippen molar-refractivity contribution in [3.05, 3.63) is 33.8 Å². The van der Waals surface area contributed by atoms with Crippen LogP contribution in [0.4, 0.5) is 4.79 Å². The zero-order valence-corrected chi connectivity index (χ0v) is 9.83. The van der Waals surface area contributed by atoms with E-state index in [0.717, 1.165) is 4.90 Å². The van der Waals surface area contributed by atoms with Gasteiger partial charge in [0.1, 0.15) is 0 Å². The molecule has 0 aromatic heterocycles. The van der Waals surface area contributed by atoms with E-state index in [1.54, 1.807) is 18.2 Å². The van der Waals surface area contributed by atoms with Crippen LogP contribution in [0.3, 0.4) is 0 Å². The highest BCUT2D eigenvalue weighted by atomic mass is 35.5. The number of halogens is 2. The molecular formula is C10H8Cl2N2O2. The van der Waals surface area contributed by atoms with Crippen LogP contribution in [0.15, 0.2) is 18.2 Å². The Hall–Kier alpha value is -1.44. The van der Waals surface area contributed by atoms with Gasteiger partial charge in [0.25, 0.3) is 0 Å². The topological polar surface area (TPSA) is 64.3 Å². The smallest absolute Gasteiger partial charge is 0.408 e. The van der Waals surface area contributed by atoms with Crippen LogP contribution in [-0.2, 0) is 0 Å². The minimum absolute atomic E-state index is 0.271. The number of benzene rings is 1. The number of nitrogens with zero attached hydrogens (tertiary/aromatic N) is 2. The van der Waals surface area contributed by atoms with E-state index in [2.05, 4.69) is 0 Å². The van der Waals surface area contributed by atoms with Gasteiger partial charge in [0, 0.05) is 22.7 Å². The molecule has 1 amide bonds. The predicted octanol–water partition coefficient (Wildman–Crippen LogP) is 3.17. The summed E-state index contributed by atoms with van der Waals surface area (Å²) in [6, 6.07) is 5.59. The van der Waals surface area contributed by atoms with Gasteiger partial charge in [-0.2, -0.15) is 5.26 Å². The Morgan fingerprint density at radius 3 is 2.38 bits per heavy atom. The summed E-state index contributed by atoms with van der Waals surface area (Å²) in [5, 5.41) is 18.3. The van der Waals surface area contributed by atoms with Crippen molar-refractivity contribution < 1.29 is 9.90 Å². The largest absolute Gasteiger partial charge is 0.465 e. The maximum Gasteiger partial charge on any atom is 0.408 e. The van der Waals surface area contributed by atoms with Gasteiger partial charge in [0.2, 0.25) is 0 Å². The third-order valence-electron chi connectivity index (χ3n) is 2.08. The summed E-state index contributed by atoms with van der Waals surface area (Å²) < 4.78 is 0. The van der Waals surface area contributed by atoms with Gasteiger partial charge >= 0.3 is 6.09 Å². The molecule has 0 saturated heterocycles. The fraction of sp³-hybridized carbons (Fsp3) is 0.200. The van der Waals surface area contributed by atoms with Crippen molar-refractivity contribution in [1.82, 2.24) is 4.90 Å². The third kappa shape index (κ3) is 2.38. The lowest BCUT2D eigenvalue weighted by molar-refractivity contribution is 0.148. The van der Waals surface area contributed by atoms with Gasteiger partial charge in [0.05, 0.1) is 6.07 Å². The van der Waals surface area contributed by atoms with Crippen LogP contribution in [0.25, 0.3) is 0 Å². The average molecular weight is 259 g/mol. The summed E-state index contributed by atoms with van der Waals surface area (Å²) in [7, 11) is 1.29. The summed E-state index contributed by atoms with van der Waals surface area (Å²) in [6.45, 7) is 0. The van der Waals surface area contributed by atoms with Crippen LogP contribution < -0.4 is 0 Å². The summed E-state index contributed by atoms with van der Waals surface area (Å²) in [4.78, 5) is 11.6. The minimum atomic E-state index is -1.22. The molecule has 0 heterocycles. The number of rotatable bonds is 2. The molecule has 1 aromatic rings. The normalized spacial score (nSPS) is 11.6. The summed E-state index contributed by atoms with van der Waals surface area (Å²) >= 11 is 11.8. The molecule has 0 radical (unpaired) electrons. The van der Waals surface area contributed by atoms with Gasteiger partial charge in [-0.15, -0.1) is 0 Å². The molecule has 16 heavy (non-hydrogen) atoms. The number of hydrogen-bond donors (Lipinski definition) is 1. The quantitative estimate of drug-likeness (QED) is 0.887. The average Bonchev–Trinajstić information content (AvgIpc) is 2.22. The number of carboxylic acid groups (broad SMARTS) is 1. The molecule has 0 saturated carbocycles. The van der Waals surface area contributed by atoms with Gasteiger partial charge < -0.3 is 5.11 Å². The van der Waals surface area contributed by atoms with Crippen LogP contribution >= 0.6 is 23.2 Å². The van der Waals surface area contributed by atoms with Gasteiger partial charge in [-0.25, -0.2) is 4.79 Å². The van der Waals surface area contributed by atoms with Crippen molar-refractivity contribution in [1.29, 1.82) is 5.26 Å². The second-order valence-corrected chi connectivity index (χ2v) is 3.87. The van der Waals surface area contributed by atoms with Gasteiger partial charge in [-0.05, 0) is 12.1 Å². The third-order valence-corrected chi connectivity index (χ3v) is 2.74. The monoisotopic (exact) mass is 258 g/mol. The first-order chi connectivity index (χ1) is 7.49. The van der Waals surface area contributed by atoms with E-state index < -0.39 is 12.1 Å². The van der Waals surface area contributed by atoms with E-state index in [-0.39, 0.29) is 10.0 Å². The van der Waals surface area contributed by atoms with Crippen LogP contribution in [-0.4, -0.2) is 23.1 Å². The first-order valence-electron chi connectivity index (χ1n) is 4.28. The number of nitriles is 1. The molecule has 1 atom stereocenters. The van der Waals surface area contributed by atoms with Crippen molar-refractivity contribution in [2.45, 2.75) is 6.04 Å². The molecule has 1 unspecified atom stereocenters. The SMILES string of the molecule is CN(C(=O)O)C(C#N)c1c(Cl)cccc1Cl. The molecule has 0 aliphatic rings. The highest BCUT2D eigenvalue weighted by molar-refractivity contribution is 6.36. The van der Waals surface area contributed by atoms with Crippen molar-refractivity contribution in [3.8, 4) is 6.07 Å². The number of amides is 1. The van der Waals surface area contributed by atoms with E-state index in [4.69, 9.17) is 33.6 Å². The molecule has 0 aliphatic carbocycles. The standard InChI is InChI=1S/C10H8Cl2N2O2/c1-14(10(15)16)8(5-13)9-6(11)3-2-4-7(9)12/h2-4,8H,1H3,(H,15,16). The molecule has 1 aromatic carbocycles. The summed E-state index contributed by atoms with van der Waals surface area (Å²) in [5.41, 5.74) is 0.304. The number of carbonyl (C=O) groups is 1. The van der Waals surface area contributed by atoms with Crippen LogP contribution in [0.1, 0.15) is 11.6 Å². The van der Waals surface area contributed by atoms with Crippen molar-refractivity contribution in [2.24, 2.45) is 0 Å². The van der Waals surface area contributed by atoms with E-state index in [9.17, 15) is 4.79 Å². The lowest BCUT2D eigenvalue weighted by atomic mass is 10.1. The van der Waals surface area contributed by atoms with Crippen molar-refractivity contribution in [2.75, 3.05) is 7.05 Å². The Bertz CT molecular complexity index is 436. The van der Waals surface area contributed by atoms with Crippen LogP contribution in [0, 0.1) is 11.3 Å². The highest BCUT2D eigenvalue weighted by Gasteiger charge is 2.25. The second kappa shape index (κ2) is 5.06. The molecule has 0 bridgehead atoms. The lowest BCUT2D eigenvalue weighted by Gasteiger charge is -2.21. The zero-order valence-electron chi connectivity index (χ0n) is 8.32. The van der Waals surface area contributed by atoms with E-state index in [1.165, 1.54) is 7.05 Å². The fourth-order valence-corrected chi connectivity index (χ4v) is 1.83. The Morgan fingerprint density at radius 2 is 2.00 bits per heavy atom. The fourth-order valence-electron chi connectivity index (χ4n) is 1.23. The molecule has 1 N–H and O–H groups in total. The predicted molar refractivity (Wildman–Crippen MR) is 60.6 cm³/mol. The highest BCUT2D eigenvalue weighted by Crippen LogP contribution is 2.32. The maximum absolute atomic E-state index is 10.8. The summed E-state index contributed by atoms with van der Waals surface area (Å²) in [5.74, 6) is 0. The lowest BCUT2D eigenvalue weighted by Crippen LogP contribution is -2.29. The Kier molecular flexibility index (Phi) is 3.99. The molecule has 0 spiro atoms. The van der Waals surface area contributed by atoms with E-state index >= 15 is 0 Å². The molecule has 84 valence electrons. The second-order valence-electron chi connectivity index (χ2n) is 3.06. The molecule has 0 fully saturated rings. The maximum atomic E-state index is 10.8. The summed E-state index contributed by atoms with van der Waals surface area (Å²) in [6.07, 6.45) is -1.22. The van der Waals surface area contributed by atoms with E-state index in [0.29, 0.717) is 5.56 Å². The Morgan fingerprint density at radius 1 is 1.50 bits per heavy atom. The van der Waals surface area contributed by atoms with Gasteiger partial charge in [-0.3, -0.25) is 4.90 Å². The van der Waals surface area contributed by atoms with Crippen molar-refractivity contribution >= 4 is 29.3 Å². The zero-order chi connectivity index (χ0) is 12.3. The molecule has 4 nitrogen and oxygen atoms in total. The Labute approximate surface area is 103 Å². The van der Waals surface area contributed by atoms with E-state index in [1.807, 2.05) is 6.07 Å². The van der Waals surface area contributed by atoms with Crippen LogP contribution in [0.2, 0.25) is 10.0 Å².